The lowest BCUT2D eigenvalue weighted by molar-refractivity contribution is -0.152. The number of likely N-dealkylation sites (tertiary alicyclic amines) is 2. The number of unbranched alkanes of at least 4 members (excludes halogenated alkanes) is 1. The second-order valence-corrected chi connectivity index (χ2v) is 10.2. The van der Waals surface area contributed by atoms with Gasteiger partial charge in [0.15, 0.2) is 0 Å². The molecular formula is C27H38N6O5. The number of aliphatic carboxylic acids is 1. The third kappa shape index (κ3) is 5.99. The van der Waals surface area contributed by atoms with E-state index in [4.69, 9.17) is 11.5 Å². The molecule has 0 aliphatic carbocycles. The van der Waals surface area contributed by atoms with E-state index in [-0.39, 0.29) is 18.2 Å². The van der Waals surface area contributed by atoms with Crippen molar-refractivity contribution in [3.8, 4) is 0 Å². The molecule has 1 aromatic heterocycles. The standard InChI is InChI=1S/C27H38N6O5/c28-12-4-3-8-19(29)24(34)31-21(15-17-16-30-20-9-2-1-7-18(17)20)25(35)32-13-5-10-22(32)26(36)33-14-6-11-23(33)27(37)38/h1-2,7,9,16,19,21-23,30H,3-6,8,10-15,28-29H2,(H,31,34)(H,37,38). The number of carbonyl (C=O) groups is 4. The molecule has 2 aliphatic heterocycles. The van der Waals surface area contributed by atoms with Crippen LogP contribution >= 0.6 is 0 Å². The minimum atomic E-state index is -1.03. The SMILES string of the molecule is NCCCCC(N)C(=O)NC(Cc1c[nH]c2ccccc12)C(=O)N1CCCC1C(=O)N1CCCC1C(=O)O. The summed E-state index contributed by atoms with van der Waals surface area (Å²) in [5.74, 6) is -2.15. The molecular weight excluding hydrogens is 488 g/mol. The average Bonchev–Trinajstić information content (AvgIpc) is 3.67. The summed E-state index contributed by atoms with van der Waals surface area (Å²) in [6.45, 7) is 1.24. The first-order chi connectivity index (χ1) is 18.3. The second-order valence-electron chi connectivity index (χ2n) is 10.2. The zero-order valence-electron chi connectivity index (χ0n) is 21.6. The van der Waals surface area contributed by atoms with Crippen molar-refractivity contribution in [2.24, 2.45) is 11.5 Å². The topological polar surface area (TPSA) is 175 Å². The highest BCUT2D eigenvalue weighted by Crippen LogP contribution is 2.27. The minimum absolute atomic E-state index is 0.225. The maximum absolute atomic E-state index is 13.9. The predicted octanol–water partition coefficient (Wildman–Crippen LogP) is 0.718. The van der Waals surface area contributed by atoms with E-state index in [2.05, 4.69) is 10.3 Å². The van der Waals surface area contributed by atoms with Gasteiger partial charge in [-0.1, -0.05) is 24.6 Å². The molecule has 11 nitrogen and oxygen atoms in total. The monoisotopic (exact) mass is 526 g/mol. The van der Waals surface area contributed by atoms with Crippen LogP contribution in [0.1, 0.15) is 50.5 Å². The molecule has 206 valence electrons. The Hall–Kier alpha value is -3.44. The molecule has 2 aromatic rings. The van der Waals surface area contributed by atoms with Gasteiger partial charge >= 0.3 is 5.97 Å². The Morgan fingerprint density at radius 3 is 2.50 bits per heavy atom. The lowest BCUT2D eigenvalue weighted by atomic mass is 10.0. The number of benzene rings is 1. The van der Waals surface area contributed by atoms with Gasteiger partial charge in [0.1, 0.15) is 18.1 Å². The number of amides is 3. The molecule has 2 fully saturated rings. The van der Waals surface area contributed by atoms with E-state index in [9.17, 15) is 24.3 Å². The number of carbonyl (C=O) groups excluding carboxylic acids is 3. The molecule has 4 rings (SSSR count). The normalized spacial score (nSPS) is 21.0. The summed E-state index contributed by atoms with van der Waals surface area (Å²) in [6.07, 6.45) is 6.07. The maximum Gasteiger partial charge on any atom is 0.326 e. The van der Waals surface area contributed by atoms with E-state index in [0.29, 0.717) is 58.2 Å². The Balaban J connectivity index is 1.55. The Kier molecular flexibility index (Phi) is 9.01. The predicted molar refractivity (Wildman–Crippen MR) is 142 cm³/mol. The van der Waals surface area contributed by atoms with Gasteiger partial charge < -0.3 is 36.7 Å². The van der Waals surface area contributed by atoms with Crippen LogP contribution in [0, 0.1) is 0 Å². The van der Waals surface area contributed by atoms with Crippen LogP contribution in [0.5, 0.6) is 0 Å². The van der Waals surface area contributed by atoms with Crippen molar-refractivity contribution >= 4 is 34.6 Å². The number of fused-ring (bicyclic) bond motifs is 1. The molecule has 2 saturated heterocycles. The number of aromatic nitrogens is 1. The fourth-order valence-electron chi connectivity index (χ4n) is 5.60. The summed E-state index contributed by atoms with van der Waals surface area (Å²) in [6, 6.07) is 4.39. The van der Waals surface area contributed by atoms with Gasteiger partial charge in [-0.05, 0) is 56.7 Å². The van der Waals surface area contributed by atoms with Gasteiger partial charge in [-0.15, -0.1) is 0 Å². The van der Waals surface area contributed by atoms with Crippen LogP contribution in [-0.4, -0.2) is 87.4 Å². The zero-order valence-corrected chi connectivity index (χ0v) is 21.6. The molecule has 0 radical (unpaired) electrons. The summed E-state index contributed by atoms with van der Waals surface area (Å²) in [5, 5.41) is 13.4. The molecule has 3 heterocycles. The van der Waals surface area contributed by atoms with Crippen molar-refractivity contribution < 1.29 is 24.3 Å². The summed E-state index contributed by atoms with van der Waals surface area (Å²) in [5.41, 5.74) is 13.5. The van der Waals surface area contributed by atoms with E-state index in [1.807, 2.05) is 30.5 Å². The van der Waals surface area contributed by atoms with Crippen molar-refractivity contribution in [1.82, 2.24) is 20.1 Å². The van der Waals surface area contributed by atoms with Gasteiger partial charge in [-0.25, -0.2) is 4.79 Å². The first-order valence-electron chi connectivity index (χ1n) is 13.5. The number of hydrogen-bond acceptors (Lipinski definition) is 6. The summed E-state index contributed by atoms with van der Waals surface area (Å²) < 4.78 is 0. The van der Waals surface area contributed by atoms with Crippen LogP contribution < -0.4 is 16.8 Å². The summed E-state index contributed by atoms with van der Waals surface area (Å²) in [4.78, 5) is 58.1. The van der Waals surface area contributed by atoms with Crippen molar-refractivity contribution in [3.63, 3.8) is 0 Å². The Labute approximate surface area is 221 Å². The molecule has 0 spiro atoms. The molecule has 7 N–H and O–H groups in total. The number of hydrogen-bond donors (Lipinski definition) is 5. The van der Waals surface area contributed by atoms with E-state index in [0.717, 1.165) is 22.9 Å². The fourth-order valence-corrected chi connectivity index (χ4v) is 5.60. The van der Waals surface area contributed by atoms with Crippen molar-refractivity contribution in [1.29, 1.82) is 0 Å². The highest BCUT2D eigenvalue weighted by Gasteiger charge is 2.43. The smallest absolute Gasteiger partial charge is 0.326 e. The van der Waals surface area contributed by atoms with Crippen LogP contribution in [0.15, 0.2) is 30.5 Å². The lowest BCUT2D eigenvalue weighted by Crippen LogP contribution is -2.57. The van der Waals surface area contributed by atoms with E-state index in [1.165, 1.54) is 9.80 Å². The van der Waals surface area contributed by atoms with Crippen molar-refractivity contribution in [3.05, 3.63) is 36.0 Å². The van der Waals surface area contributed by atoms with Crippen molar-refractivity contribution in [2.45, 2.75) is 75.5 Å². The van der Waals surface area contributed by atoms with Crippen LogP contribution in [-0.2, 0) is 25.6 Å². The van der Waals surface area contributed by atoms with E-state index >= 15 is 0 Å². The van der Waals surface area contributed by atoms with Gasteiger partial charge in [0.25, 0.3) is 0 Å². The van der Waals surface area contributed by atoms with Crippen LogP contribution in [0.2, 0.25) is 0 Å². The van der Waals surface area contributed by atoms with Crippen LogP contribution in [0.25, 0.3) is 10.9 Å². The molecule has 11 heteroatoms. The molecule has 1 aromatic carbocycles. The molecule has 4 unspecified atom stereocenters. The van der Waals surface area contributed by atoms with Crippen LogP contribution in [0.4, 0.5) is 0 Å². The van der Waals surface area contributed by atoms with E-state index in [1.54, 1.807) is 0 Å². The number of rotatable bonds is 11. The zero-order chi connectivity index (χ0) is 27.2. The highest BCUT2D eigenvalue weighted by molar-refractivity contribution is 5.95. The molecule has 3 amide bonds. The number of carboxylic acid groups (broad SMARTS) is 1. The van der Waals surface area contributed by atoms with Gasteiger partial charge in [0.2, 0.25) is 17.7 Å². The first kappa shape index (κ1) is 27.6. The molecule has 0 bridgehead atoms. The number of aromatic amines is 1. The average molecular weight is 527 g/mol. The Morgan fingerprint density at radius 2 is 1.76 bits per heavy atom. The Morgan fingerprint density at radius 1 is 1.05 bits per heavy atom. The maximum atomic E-state index is 13.9. The number of para-hydroxylation sites is 1. The summed E-state index contributed by atoms with van der Waals surface area (Å²) >= 11 is 0. The third-order valence-corrected chi connectivity index (χ3v) is 7.66. The van der Waals surface area contributed by atoms with Gasteiger partial charge in [-0.3, -0.25) is 14.4 Å². The van der Waals surface area contributed by atoms with Gasteiger partial charge in [0, 0.05) is 36.6 Å². The number of nitrogens with zero attached hydrogens (tertiary/aromatic N) is 2. The van der Waals surface area contributed by atoms with Crippen LogP contribution in [0.3, 0.4) is 0 Å². The minimum Gasteiger partial charge on any atom is -0.480 e. The molecule has 38 heavy (non-hydrogen) atoms. The molecule has 2 aliphatic rings. The molecule has 0 saturated carbocycles. The van der Waals surface area contributed by atoms with Gasteiger partial charge in [0.05, 0.1) is 6.04 Å². The van der Waals surface area contributed by atoms with Crippen molar-refractivity contribution in [2.75, 3.05) is 19.6 Å². The Bertz CT molecular complexity index is 1170. The number of nitrogens with one attached hydrogen (secondary N) is 2. The summed E-state index contributed by atoms with van der Waals surface area (Å²) in [7, 11) is 0. The number of carboxylic acids is 1. The van der Waals surface area contributed by atoms with Gasteiger partial charge in [-0.2, -0.15) is 0 Å². The fraction of sp³-hybridized carbons (Fsp3) is 0.556. The second kappa shape index (κ2) is 12.4. The number of H-pyrrole nitrogens is 1. The number of nitrogens with two attached hydrogens (primary N) is 2. The quantitative estimate of drug-likeness (QED) is 0.268. The largest absolute Gasteiger partial charge is 0.480 e. The third-order valence-electron chi connectivity index (χ3n) is 7.66. The highest BCUT2D eigenvalue weighted by atomic mass is 16.4. The molecule has 4 atom stereocenters. The van der Waals surface area contributed by atoms with E-state index < -0.39 is 36.0 Å². The lowest BCUT2D eigenvalue weighted by Gasteiger charge is -2.32. The first-order valence-corrected chi connectivity index (χ1v) is 13.5.